The average molecular weight is 257 g/mol. The summed E-state index contributed by atoms with van der Waals surface area (Å²) in [5.41, 5.74) is 0.530. The number of carboxylic acid groups (broad SMARTS) is 1. The van der Waals surface area contributed by atoms with Crippen LogP contribution in [0.5, 0.6) is 0 Å². The minimum atomic E-state index is -0.964. The highest BCUT2D eigenvalue weighted by molar-refractivity contribution is 5.65. The van der Waals surface area contributed by atoms with E-state index < -0.39 is 17.7 Å². The first kappa shape index (κ1) is 12.8. The van der Waals surface area contributed by atoms with Crippen molar-refractivity contribution in [2.45, 2.75) is 19.1 Å². The number of hydrogen-bond donors (Lipinski definition) is 1. The molecule has 2 rings (SSSR count). The minimum absolute atomic E-state index is 0.148. The van der Waals surface area contributed by atoms with Gasteiger partial charge in [0.1, 0.15) is 0 Å². The molecule has 0 spiro atoms. The van der Waals surface area contributed by atoms with Gasteiger partial charge in [-0.1, -0.05) is 6.07 Å². The van der Waals surface area contributed by atoms with Crippen LogP contribution in [0.25, 0.3) is 0 Å². The molecule has 1 aromatic carbocycles. The second-order valence-electron chi connectivity index (χ2n) is 4.20. The van der Waals surface area contributed by atoms with Crippen molar-refractivity contribution < 1.29 is 23.4 Å². The van der Waals surface area contributed by atoms with E-state index in [-0.39, 0.29) is 12.7 Å². The molecule has 1 amide bonds. The van der Waals surface area contributed by atoms with Crippen LogP contribution in [0.3, 0.4) is 0 Å². The normalized spacial score (nSPS) is 19.2. The molecule has 1 aliphatic rings. The van der Waals surface area contributed by atoms with Gasteiger partial charge in [-0.2, -0.15) is 0 Å². The number of nitrogens with zero attached hydrogens (tertiary/aromatic N) is 1. The monoisotopic (exact) mass is 257 g/mol. The Morgan fingerprint density at radius 3 is 2.83 bits per heavy atom. The fourth-order valence-electron chi connectivity index (χ4n) is 1.88. The summed E-state index contributed by atoms with van der Waals surface area (Å²) >= 11 is 0. The van der Waals surface area contributed by atoms with Crippen molar-refractivity contribution in [3.63, 3.8) is 0 Å². The summed E-state index contributed by atoms with van der Waals surface area (Å²) in [5, 5.41) is 8.76. The van der Waals surface area contributed by atoms with Gasteiger partial charge in [0.2, 0.25) is 0 Å². The van der Waals surface area contributed by atoms with Gasteiger partial charge in [-0.25, -0.2) is 13.6 Å². The van der Waals surface area contributed by atoms with E-state index in [1.54, 1.807) is 0 Å². The maximum absolute atomic E-state index is 12.9. The number of ether oxygens (including phenoxy) is 1. The molecule has 0 radical (unpaired) electrons. The Morgan fingerprint density at radius 1 is 1.44 bits per heavy atom. The summed E-state index contributed by atoms with van der Waals surface area (Å²) in [4.78, 5) is 12.0. The summed E-state index contributed by atoms with van der Waals surface area (Å²) < 4.78 is 31.1. The summed E-state index contributed by atoms with van der Waals surface area (Å²) in [7, 11) is 0. The first-order valence-electron chi connectivity index (χ1n) is 5.59. The molecule has 1 aliphatic heterocycles. The highest BCUT2D eigenvalue weighted by Gasteiger charge is 2.26. The Kier molecular flexibility index (Phi) is 3.76. The van der Waals surface area contributed by atoms with Crippen LogP contribution >= 0.6 is 0 Å². The van der Waals surface area contributed by atoms with E-state index in [0.717, 1.165) is 12.1 Å². The van der Waals surface area contributed by atoms with Crippen molar-refractivity contribution in [1.82, 2.24) is 4.90 Å². The molecule has 6 heteroatoms. The lowest BCUT2D eigenvalue weighted by Gasteiger charge is -2.13. The van der Waals surface area contributed by atoms with Gasteiger partial charge < -0.3 is 14.7 Å². The van der Waals surface area contributed by atoms with E-state index in [9.17, 15) is 13.6 Å². The lowest BCUT2D eigenvalue weighted by molar-refractivity contribution is 0.0464. The smallest absolute Gasteiger partial charge is 0.407 e. The largest absolute Gasteiger partial charge is 0.465 e. The first-order valence-corrected chi connectivity index (χ1v) is 5.59. The number of rotatable bonds is 3. The number of halogens is 2. The zero-order chi connectivity index (χ0) is 13.1. The molecule has 1 fully saturated rings. The highest BCUT2D eigenvalue weighted by Crippen LogP contribution is 2.16. The van der Waals surface area contributed by atoms with E-state index in [1.807, 2.05) is 0 Å². The molecule has 98 valence electrons. The molecular weight excluding hydrogens is 244 g/mol. The summed E-state index contributed by atoms with van der Waals surface area (Å²) in [6, 6.07) is 3.58. The Labute approximate surface area is 103 Å². The van der Waals surface area contributed by atoms with Crippen LogP contribution < -0.4 is 0 Å². The van der Waals surface area contributed by atoms with Crippen molar-refractivity contribution >= 4 is 6.09 Å². The molecule has 0 saturated carbocycles. The number of amides is 1. The molecule has 0 aliphatic carbocycles. The predicted molar refractivity (Wildman–Crippen MR) is 59.1 cm³/mol. The van der Waals surface area contributed by atoms with Gasteiger partial charge in [-0.3, -0.25) is 0 Å². The lowest BCUT2D eigenvalue weighted by Crippen LogP contribution is -2.28. The Balaban J connectivity index is 1.85. The highest BCUT2D eigenvalue weighted by atomic mass is 19.2. The van der Waals surface area contributed by atoms with Crippen LogP contribution in [0, 0.1) is 11.6 Å². The molecule has 0 aromatic heterocycles. The van der Waals surface area contributed by atoms with E-state index in [1.165, 1.54) is 11.0 Å². The third kappa shape index (κ3) is 2.95. The van der Waals surface area contributed by atoms with Crippen LogP contribution in [-0.4, -0.2) is 35.3 Å². The Morgan fingerprint density at radius 2 is 2.22 bits per heavy atom. The number of carbonyl (C=O) groups is 1. The Bertz CT molecular complexity index is 453. The number of likely N-dealkylation sites (tertiary alicyclic amines) is 1. The molecule has 1 aromatic rings. The minimum Gasteiger partial charge on any atom is -0.465 e. The lowest BCUT2D eigenvalue weighted by atomic mass is 10.2. The van der Waals surface area contributed by atoms with Gasteiger partial charge in [-0.05, 0) is 24.1 Å². The molecule has 0 bridgehead atoms. The van der Waals surface area contributed by atoms with Crippen LogP contribution in [0.15, 0.2) is 18.2 Å². The van der Waals surface area contributed by atoms with Crippen LogP contribution in [0.2, 0.25) is 0 Å². The van der Waals surface area contributed by atoms with Crippen molar-refractivity contribution in [1.29, 1.82) is 0 Å². The fraction of sp³-hybridized carbons (Fsp3) is 0.417. The zero-order valence-corrected chi connectivity index (χ0v) is 9.60. The van der Waals surface area contributed by atoms with Crippen LogP contribution in [0.4, 0.5) is 13.6 Å². The standard InChI is InChI=1S/C12H13F2NO3/c13-10-2-1-8(5-11(10)14)7-18-9-3-4-15(6-9)12(16)17/h1-2,5,9H,3-4,6-7H2,(H,16,17). The summed E-state index contributed by atoms with van der Waals surface area (Å²) in [6.07, 6.45) is -0.529. The second-order valence-corrected chi connectivity index (χ2v) is 4.20. The third-order valence-corrected chi connectivity index (χ3v) is 2.89. The van der Waals surface area contributed by atoms with Gasteiger partial charge >= 0.3 is 6.09 Å². The van der Waals surface area contributed by atoms with Crippen molar-refractivity contribution in [3.8, 4) is 0 Å². The van der Waals surface area contributed by atoms with Crippen LogP contribution in [0.1, 0.15) is 12.0 Å². The van der Waals surface area contributed by atoms with Gasteiger partial charge in [0.25, 0.3) is 0 Å². The fourth-order valence-corrected chi connectivity index (χ4v) is 1.88. The van der Waals surface area contributed by atoms with Crippen molar-refractivity contribution in [2.24, 2.45) is 0 Å². The van der Waals surface area contributed by atoms with E-state index in [4.69, 9.17) is 9.84 Å². The van der Waals surface area contributed by atoms with E-state index in [2.05, 4.69) is 0 Å². The molecule has 1 heterocycles. The SMILES string of the molecule is O=C(O)N1CCC(OCc2ccc(F)c(F)c2)C1. The second kappa shape index (κ2) is 5.30. The maximum Gasteiger partial charge on any atom is 0.407 e. The Hall–Kier alpha value is -1.69. The topological polar surface area (TPSA) is 49.8 Å². The zero-order valence-electron chi connectivity index (χ0n) is 9.60. The van der Waals surface area contributed by atoms with Gasteiger partial charge in [-0.15, -0.1) is 0 Å². The van der Waals surface area contributed by atoms with Crippen molar-refractivity contribution in [2.75, 3.05) is 13.1 Å². The molecule has 4 nitrogen and oxygen atoms in total. The predicted octanol–water partition coefficient (Wildman–Crippen LogP) is 2.23. The molecule has 1 atom stereocenters. The molecule has 18 heavy (non-hydrogen) atoms. The number of hydrogen-bond acceptors (Lipinski definition) is 2. The molecule has 1 unspecified atom stereocenters. The number of benzene rings is 1. The van der Waals surface area contributed by atoms with Gasteiger partial charge in [0, 0.05) is 6.54 Å². The third-order valence-electron chi connectivity index (χ3n) is 2.89. The van der Waals surface area contributed by atoms with Gasteiger partial charge in [0.15, 0.2) is 11.6 Å². The first-order chi connectivity index (χ1) is 8.56. The average Bonchev–Trinajstić information content (AvgIpc) is 2.79. The molecule has 1 N–H and O–H groups in total. The quantitative estimate of drug-likeness (QED) is 0.903. The maximum atomic E-state index is 12.9. The van der Waals surface area contributed by atoms with Gasteiger partial charge in [0.05, 0.1) is 19.3 Å². The van der Waals surface area contributed by atoms with Crippen molar-refractivity contribution in [3.05, 3.63) is 35.4 Å². The summed E-state index contributed by atoms with van der Waals surface area (Å²) in [6.45, 7) is 0.909. The summed E-state index contributed by atoms with van der Waals surface area (Å²) in [5.74, 6) is -1.80. The van der Waals surface area contributed by atoms with E-state index in [0.29, 0.717) is 25.1 Å². The van der Waals surface area contributed by atoms with Crippen LogP contribution in [-0.2, 0) is 11.3 Å². The van der Waals surface area contributed by atoms with E-state index >= 15 is 0 Å². The molecular formula is C12H13F2NO3. The molecule has 1 saturated heterocycles.